The van der Waals surface area contributed by atoms with Crippen molar-refractivity contribution in [2.24, 2.45) is 0 Å². The van der Waals surface area contributed by atoms with Crippen LogP contribution in [0.15, 0.2) is 53.1 Å². The average Bonchev–Trinajstić information content (AvgIpc) is 3.01. The van der Waals surface area contributed by atoms with Gasteiger partial charge in [0.15, 0.2) is 0 Å². The van der Waals surface area contributed by atoms with E-state index in [9.17, 15) is 4.79 Å². The molecule has 2 heterocycles. The molecule has 168 valence electrons. The van der Waals surface area contributed by atoms with Gasteiger partial charge in [0, 0.05) is 12.1 Å². The molecular formula is C26H30N2O4. The van der Waals surface area contributed by atoms with Gasteiger partial charge in [0.25, 0.3) is 5.91 Å². The normalized spacial score (nSPS) is 16.5. The van der Waals surface area contributed by atoms with Crippen LogP contribution in [0.3, 0.4) is 0 Å². The van der Waals surface area contributed by atoms with Crippen molar-refractivity contribution in [2.75, 3.05) is 13.7 Å². The first-order valence-electron chi connectivity index (χ1n) is 11.2. The van der Waals surface area contributed by atoms with Crippen LogP contribution in [-0.2, 0) is 6.61 Å². The molecule has 1 aliphatic heterocycles. The number of amides is 1. The van der Waals surface area contributed by atoms with Gasteiger partial charge in [-0.15, -0.1) is 0 Å². The van der Waals surface area contributed by atoms with Crippen LogP contribution in [0.1, 0.15) is 64.7 Å². The van der Waals surface area contributed by atoms with Crippen molar-refractivity contribution in [1.82, 2.24) is 10.1 Å². The standard InChI is InChI=1S/C26H30N2O4/c1-18-24(19(2)32-27-18)17-31-23-9-7-8-21(16-23)26(29)28-15-6-4-5-10-25(28)20-11-13-22(30-3)14-12-20/h7-9,11-14,16,25H,4-6,10,15,17H2,1-3H3/t25-/m0/s1. The number of hydrogen-bond acceptors (Lipinski definition) is 5. The minimum atomic E-state index is 0.0375. The number of carbonyl (C=O) groups is 1. The summed E-state index contributed by atoms with van der Waals surface area (Å²) >= 11 is 0. The molecule has 3 aromatic rings. The molecule has 0 N–H and O–H groups in total. The molecule has 6 nitrogen and oxygen atoms in total. The molecule has 6 heteroatoms. The van der Waals surface area contributed by atoms with Crippen molar-refractivity contribution >= 4 is 5.91 Å². The number of aryl methyl sites for hydroxylation is 2. The van der Waals surface area contributed by atoms with Gasteiger partial charge in [-0.3, -0.25) is 4.79 Å². The number of aromatic nitrogens is 1. The fourth-order valence-electron chi connectivity index (χ4n) is 4.27. The van der Waals surface area contributed by atoms with Crippen molar-refractivity contribution in [3.8, 4) is 11.5 Å². The summed E-state index contributed by atoms with van der Waals surface area (Å²) in [6, 6.07) is 15.6. The average molecular weight is 435 g/mol. The van der Waals surface area contributed by atoms with Gasteiger partial charge < -0.3 is 18.9 Å². The van der Waals surface area contributed by atoms with E-state index < -0.39 is 0 Å². The SMILES string of the molecule is COc1ccc([C@@H]2CCCCCN2C(=O)c2cccc(OCc3c(C)noc3C)c2)cc1. The highest BCUT2D eigenvalue weighted by Crippen LogP contribution is 2.33. The highest BCUT2D eigenvalue weighted by atomic mass is 16.5. The van der Waals surface area contributed by atoms with E-state index in [0.29, 0.717) is 17.9 Å². The molecule has 32 heavy (non-hydrogen) atoms. The number of nitrogens with zero attached hydrogens (tertiary/aromatic N) is 2. The highest BCUT2D eigenvalue weighted by Gasteiger charge is 2.28. The summed E-state index contributed by atoms with van der Waals surface area (Å²) in [5, 5.41) is 3.97. The van der Waals surface area contributed by atoms with Gasteiger partial charge in [0.05, 0.1) is 24.4 Å². The highest BCUT2D eigenvalue weighted by molar-refractivity contribution is 5.95. The Bertz CT molecular complexity index is 1040. The van der Waals surface area contributed by atoms with E-state index in [1.807, 2.05) is 55.1 Å². The monoisotopic (exact) mass is 434 g/mol. The van der Waals surface area contributed by atoms with Crippen LogP contribution < -0.4 is 9.47 Å². The summed E-state index contributed by atoms with van der Waals surface area (Å²) in [5.41, 5.74) is 3.55. The van der Waals surface area contributed by atoms with Gasteiger partial charge in [-0.05, 0) is 62.6 Å². The second-order valence-electron chi connectivity index (χ2n) is 8.26. The topological polar surface area (TPSA) is 64.8 Å². The maximum atomic E-state index is 13.6. The Morgan fingerprint density at radius 2 is 1.91 bits per heavy atom. The molecule has 0 unspecified atom stereocenters. The molecule has 2 aromatic carbocycles. The van der Waals surface area contributed by atoms with Crippen molar-refractivity contribution in [3.63, 3.8) is 0 Å². The van der Waals surface area contributed by atoms with E-state index in [0.717, 1.165) is 60.6 Å². The van der Waals surface area contributed by atoms with Crippen LogP contribution >= 0.6 is 0 Å². The molecule has 0 aliphatic carbocycles. The first-order chi connectivity index (χ1) is 15.6. The van der Waals surface area contributed by atoms with Crippen molar-refractivity contribution in [2.45, 2.75) is 52.2 Å². The maximum absolute atomic E-state index is 13.6. The summed E-state index contributed by atoms with van der Waals surface area (Å²) in [7, 11) is 1.66. The zero-order valence-electron chi connectivity index (χ0n) is 19.0. The first-order valence-corrected chi connectivity index (χ1v) is 11.2. The largest absolute Gasteiger partial charge is 0.497 e. The Kier molecular flexibility index (Phi) is 6.78. The maximum Gasteiger partial charge on any atom is 0.254 e. The second-order valence-corrected chi connectivity index (χ2v) is 8.26. The van der Waals surface area contributed by atoms with Crippen molar-refractivity contribution in [1.29, 1.82) is 0 Å². The molecule has 1 aromatic heterocycles. The van der Waals surface area contributed by atoms with E-state index in [-0.39, 0.29) is 11.9 Å². The van der Waals surface area contributed by atoms with E-state index in [1.165, 1.54) is 0 Å². The molecule has 1 saturated heterocycles. The van der Waals surface area contributed by atoms with Crippen LogP contribution in [0.5, 0.6) is 11.5 Å². The molecule has 0 radical (unpaired) electrons. The molecule has 0 spiro atoms. The van der Waals surface area contributed by atoms with Crippen LogP contribution in [0.2, 0.25) is 0 Å². The molecule has 0 bridgehead atoms. The fourth-order valence-corrected chi connectivity index (χ4v) is 4.27. The predicted molar refractivity (Wildman–Crippen MR) is 122 cm³/mol. The number of carbonyl (C=O) groups excluding carboxylic acids is 1. The lowest BCUT2D eigenvalue weighted by Gasteiger charge is -2.31. The van der Waals surface area contributed by atoms with Crippen LogP contribution in [0.25, 0.3) is 0 Å². The van der Waals surface area contributed by atoms with Crippen LogP contribution in [0, 0.1) is 13.8 Å². The van der Waals surface area contributed by atoms with E-state index in [1.54, 1.807) is 7.11 Å². The lowest BCUT2D eigenvalue weighted by molar-refractivity contribution is 0.0680. The summed E-state index contributed by atoms with van der Waals surface area (Å²) < 4.78 is 16.5. The van der Waals surface area contributed by atoms with Gasteiger partial charge in [0.2, 0.25) is 0 Å². The number of methoxy groups -OCH3 is 1. The Morgan fingerprint density at radius 3 is 2.62 bits per heavy atom. The molecular weight excluding hydrogens is 404 g/mol. The quantitative estimate of drug-likeness (QED) is 0.503. The molecule has 0 saturated carbocycles. The molecule has 4 rings (SSSR count). The van der Waals surface area contributed by atoms with E-state index in [4.69, 9.17) is 14.0 Å². The number of likely N-dealkylation sites (tertiary alicyclic amines) is 1. The van der Waals surface area contributed by atoms with Gasteiger partial charge >= 0.3 is 0 Å². The summed E-state index contributed by atoms with van der Waals surface area (Å²) in [4.78, 5) is 15.6. The number of hydrogen-bond donors (Lipinski definition) is 0. The summed E-state index contributed by atoms with van der Waals surface area (Å²) in [6.07, 6.45) is 4.22. The second kappa shape index (κ2) is 9.90. The van der Waals surface area contributed by atoms with E-state index in [2.05, 4.69) is 17.3 Å². The lowest BCUT2D eigenvalue weighted by atomic mass is 10.00. The minimum Gasteiger partial charge on any atom is -0.497 e. The van der Waals surface area contributed by atoms with E-state index >= 15 is 0 Å². The van der Waals surface area contributed by atoms with Crippen molar-refractivity contribution in [3.05, 3.63) is 76.7 Å². The smallest absolute Gasteiger partial charge is 0.254 e. The lowest BCUT2D eigenvalue weighted by Crippen LogP contribution is -2.34. The number of benzene rings is 2. The molecule has 1 amide bonds. The number of ether oxygens (including phenoxy) is 2. The van der Waals surface area contributed by atoms with Crippen LogP contribution in [-0.4, -0.2) is 29.6 Å². The molecule has 1 aliphatic rings. The summed E-state index contributed by atoms with van der Waals surface area (Å²) in [5.74, 6) is 2.27. The van der Waals surface area contributed by atoms with Gasteiger partial charge in [-0.1, -0.05) is 36.2 Å². The third kappa shape index (κ3) is 4.79. The Labute approximate surface area is 189 Å². The first kappa shape index (κ1) is 21.9. The summed E-state index contributed by atoms with van der Waals surface area (Å²) in [6.45, 7) is 4.88. The third-order valence-corrected chi connectivity index (χ3v) is 6.16. The van der Waals surface area contributed by atoms with Gasteiger partial charge in [0.1, 0.15) is 23.9 Å². The Hall–Kier alpha value is -3.28. The number of rotatable bonds is 6. The zero-order valence-corrected chi connectivity index (χ0v) is 19.0. The molecule has 1 fully saturated rings. The third-order valence-electron chi connectivity index (χ3n) is 6.16. The Balaban J connectivity index is 1.53. The van der Waals surface area contributed by atoms with Crippen LogP contribution in [0.4, 0.5) is 0 Å². The minimum absolute atomic E-state index is 0.0375. The zero-order chi connectivity index (χ0) is 22.5. The predicted octanol–water partition coefficient (Wildman–Crippen LogP) is 5.64. The van der Waals surface area contributed by atoms with Gasteiger partial charge in [-0.2, -0.15) is 0 Å². The Morgan fingerprint density at radius 1 is 1.09 bits per heavy atom. The van der Waals surface area contributed by atoms with Gasteiger partial charge in [-0.25, -0.2) is 0 Å². The molecule has 1 atom stereocenters. The fraction of sp³-hybridized carbons (Fsp3) is 0.385. The van der Waals surface area contributed by atoms with Crippen molar-refractivity contribution < 1.29 is 18.8 Å².